The van der Waals surface area contributed by atoms with E-state index in [1.165, 1.54) is 23.0 Å². The summed E-state index contributed by atoms with van der Waals surface area (Å²) in [7, 11) is 0. The van der Waals surface area contributed by atoms with Crippen LogP contribution in [0.2, 0.25) is 5.02 Å². The maximum absolute atomic E-state index is 13.2. The van der Waals surface area contributed by atoms with Gasteiger partial charge in [-0.2, -0.15) is 5.10 Å². The number of halogens is 2. The van der Waals surface area contributed by atoms with Crippen LogP contribution in [0.25, 0.3) is 5.69 Å². The smallest absolute Gasteiger partial charge is 0.362 e. The third-order valence-electron chi connectivity index (χ3n) is 3.73. The predicted molar refractivity (Wildman–Crippen MR) is 105 cm³/mol. The van der Waals surface area contributed by atoms with Crippen molar-refractivity contribution >= 4 is 29.2 Å². The fraction of sp³-hybridized carbons (Fsp3) is 0.150. The van der Waals surface area contributed by atoms with Crippen LogP contribution in [0.5, 0.6) is 5.75 Å². The second-order valence-electron chi connectivity index (χ2n) is 5.81. The lowest BCUT2D eigenvalue weighted by atomic mass is 10.3. The summed E-state index contributed by atoms with van der Waals surface area (Å²) in [5, 5.41) is 6.63. The van der Waals surface area contributed by atoms with Gasteiger partial charge in [-0.25, -0.2) is 13.9 Å². The molecule has 7 nitrogen and oxygen atoms in total. The van der Waals surface area contributed by atoms with Crippen LogP contribution in [0.3, 0.4) is 0 Å². The quantitative estimate of drug-likeness (QED) is 0.590. The zero-order valence-corrected chi connectivity index (χ0v) is 16.1. The summed E-state index contributed by atoms with van der Waals surface area (Å²) in [4.78, 5) is 24.3. The highest BCUT2D eigenvalue weighted by atomic mass is 35.5. The lowest BCUT2D eigenvalue weighted by Crippen LogP contribution is -2.20. The average molecular weight is 418 g/mol. The van der Waals surface area contributed by atoms with Gasteiger partial charge in [0.05, 0.1) is 23.5 Å². The van der Waals surface area contributed by atoms with E-state index < -0.39 is 24.3 Å². The van der Waals surface area contributed by atoms with Crippen molar-refractivity contribution in [3.05, 3.63) is 71.3 Å². The maximum Gasteiger partial charge on any atom is 0.362 e. The molecular weight excluding hydrogens is 401 g/mol. The van der Waals surface area contributed by atoms with Crippen molar-refractivity contribution in [1.82, 2.24) is 9.78 Å². The molecule has 0 aliphatic heterocycles. The first kappa shape index (κ1) is 20.3. The van der Waals surface area contributed by atoms with E-state index in [1.54, 1.807) is 19.1 Å². The van der Waals surface area contributed by atoms with E-state index in [4.69, 9.17) is 21.1 Å². The monoisotopic (exact) mass is 417 g/mol. The van der Waals surface area contributed by atoms with Crippen molar-refractivity contribution in [2.24, 2.45) is 0 Å². The van der Waals surface area contributed by atoms with Gasteiger partial charge in [0.1, 0.15) is 5.82 Å². The van der Waals surface area contributed by atoms with E-state index >= 15 is 0 Å². The topological polar surface area (TPSA) is 82.4 Å². The number of hydrogen-bond acceptors (Lipinski definition) is 5. The van der Waals surface area contributed by atoms with Gasteiger partial charge in [0.25, 0.3) is 5.91 Å². The zero-order valence-electron chi connectivity index (χ0n) is 15.4. The highest BCUT2D eigenvalue weighted by Crippen LogP contribution is 2.22. The Morgan fingerprint density at radius 2 is 1.97 bits per heavy atom. The molecule has 0 unspecified atom stereocenters. The Labute approximate surface area is 171 Å². The summed E-state index contributed by atoms with van der Waals surface area (Å²) in [5.41, 5.74) is 0.974. The number of aromatic nitrogens is 2. The fourth-order valence-electron chi connectivity index (χ4n) is 2.43. The first-order valence-corrected chi connectivity index (χ1v) is 9.05. The van der Waals surface area contributed by atoms with Crippen molar-refractivity contribution in [1.29, 1.82) is 0 Å². The third kappa shape index (κ3) is 5.11. The number of ether oxygens (including phenoxy) is 2. The van der Waals surface area contributed by atoms with Gasteiger partial charge in [-0.15, -0.1) is 0 Å². The number of nitrogens with one attached hydrogen (secondary N) is 1. The summed E-state index contributed by atoms with van der Waals surface area (Å²) >= 11 is 5.70. The Kier molecular flexibility index (Phi) is 6.46. The lowest BCUT2D eigenvalue weighted by Gasteiger charge is -2.08. The number of nitrogens with zero attached hydrogens (tertiary/aromatic N) is 2. The van der Waals surface area contributed by atoms with Gasteiger partial charge in [0, 0.05) is 5.69 Å². The Bertz CT molecular complexity index is 1020. The number of carbonyl (C=O) groups is 2. The minimum Gasteiger partial charge on any atom is -0.480 e. The van der Waals surface area contributed by atoms with Crippen molar-refractivity contribution in [3.8, 4) is 11.4 Å². The number of carbonyl (C=O) groups excluding carboxylic acids is 2. The number of para-hydroxylation sites is 1. The van der Waals surface area contributed by atoms with E-state index in [2.05, 4.69) is 10.4 Å². The van der Waals surface area contributed by atoms with Crippen LogP contribution in [0.1, 0.15) is 17.4 Å². The van der Waals surface area contributed by atoms with Gasteiger partial charge in [0.15, 0.2) is 12.4 Å². The van der Waals surface area contributed by atoms with Crippen LogP contribution < -0.4 is 10.1 Å². The highest BCUT2D eigenvalue weighted by Gasteiger charge is 2.21. The van der Waals surface area contributed by atoms with Gasteiger partial charge in [-0.05, 0) is 37.3 Å². The molecule has 0 fully saturated rings. The molecule has 0 radical (unpaired) electrons. The molecular formula is C20H17ClFN3O4. The summed E-state index contributed by atoms with van der Waals surface area (Å²) < 4.78 is 25.2. The van der Waals surface area contributed by atoms with Crippen molar-refractivity contribution in [3.63, 3.8) is 0 Å². The molecule has 0 saturated heterocycles. The SMILES string of the molecule is CCOC(=O)c1nn(-c2ccccc2)cc1OCC(=O)Nc1ccc(F)c(Cl)c1. The molecule has 0 aliphatic carbocycles. The second-order valence-corrected chi connectivity index (χ2v) is 6.22. The van der Waals surface area contributed by atoms with Gasteiger partial charge in [0.2, 0.25) is 5.69 Å². The number of rotatable bonds is 7. The molecule has 1 N–H and O–H groups in total. The summed E-state index contributed by atoms with van der Waals surface area (Å²) in [6.45, 7) is 1.44. The minimum absolute atomic E-state index is 0.0478. The van der Waals surface area contributed by atoms with E-state index in [0.717, 1.165) is 6.07 Å². The molecule has 0 aliphatic rings. The van der Waals surface area contributed by atoms with Crippen LogP contribution in [0.4, 0.5) is 10.1 Å². The lowest BCUT2D eigenvalue weighted by molar-refractivity contribution is -0.118. The fourth-order valence-corrected chi connectivity index (χ4v) is 2.61. The summed E-state index contributed by atoms with van der Waals surface area (Å²) in [6.07, 6.45) is 1.49. The number of anilines is 1. The van der Waals surface area contributed by atoms with Crippen molar-refractivity contribution in [2.75, 3.05) is 18.5 Å². The Morgan fingerprint density at radius 1 is 1.21 bits per heavy atom. The first-order chi connectivity index (χ1) is 14.0. The summed E-state index contributed by atoms with van der Waals surface area (Å²) in [5.74, 6) is -1.68. The molecule has 0 spiro atoms. The first-order valence-electron chi connectivity index (χ1n) is 8.68. The van der Waals surface area contributed by atoms with Crippen molar-refractivity contribution < 1.29 is 23.5 Å². The molecule has 150 valence electrons. The Balaban J connectivity index is 1.74. The number of amides is 1. The van der Waals surface area contributed by atoms with E-state index in [9.17, 15) is 14.0 Å². The van der Waals surface area contributed by atoms with Crippen LogP contribution in [0, 0.1) is 5.82 Å². The Morgan fingerprint density at radius 3 is 2.66 bits per heavy atom. The normalized spacial score (nSPS) is 10.4. The average Bonchev–Trinajstić information content (AvgIpc) is 3.15. The molecule has 9 heteroatoms. The van der Waals surface area contributed by atoms with Crippen LogP contribution in [-0.2, 0) is 9.53 Å². The van der Waals surface area contributed by atoms with Gasteiger partial charge in [-0.3, -0.25) is 4.79 Å². The van der Waals surface area contributed by atoms with Crippen LogP contribution in [0.15, 0.2) is 54.7 Å². The molecule has 0 bridgehead atoms. The third-order valence-corrected chi connectivity index (χ3v) is 4.02. The standard InChI is InChI=1S/C20H17ClFN3O4/c1-2-28-20(27)19-17(11-25(24-19)14-6-4-3-5-7-14)29-12-18(26)23-13-8-9-16(22)15(21)10-13/h3-11H,2,12H2,1H3,(H,23,26). The minimum atomic E-state index is -0.664. The van der Waals surface area contributed by atoms with E-state index in [-0.39, 0.29) is 23.1 Å². The number of benzene rings is 2. The van der Waals surface area contributed by atoms with Gasteiger partial charge in [-0.1, -0.05) is 29.8 Å². The zero-order chi connectivity index (χ0) is 20.8. The molecule has 1 aromatic heterocycles. The van der Waals surface area contributed by atoms with Gasteiger partial charge >= 0.3 is 5.97 Å². The van der Waals surface area contributed by atoms with Gasteiger partial charge < -0.3 is 14.8 Å². The number of hydrogen-bond donors (Lipinski definition) is 1. The van der Waals surface area contributed by atoms with E-state index in [1.807, 2.05) is 18.2 Å². The summed E-state index contributed by atoms with van der Waals surface area (Å²) in [6, 6.07) is 12.9. The van der Waals surface area contributed by atoms with E-state index in [0.29, 0.717) is 11.4 Å². The van der Waals surface area contributed by atoms with Crippen LogP contribution in [-0.4, -0.2) is 34.9 Å². The molecule has 0 atom stereocenters. The largest absolute Gasteiger partial charge is 0.480 e. The van der Waals surface area contributed by atoms with Crippen LogP contribution >= 0.6 is 11.6 Å². The van der Waals surface area contributed by atoms with Crippen molar-refractivity contribution in [2.45, 2.75) is 6.92 Å². The molecule has 1 heterocycles. The maximum atomic E-state index is 13.2. The Hall–Kier alpha value is -3.39. The number of esters is 1. The predicted octanol–water partition coefficient (Wildman–Crippen LogP) is 3.86. The molecule has 3 rings (SSSR count). The molecule has 0 saturated carbocycles. The molecule has 1 amide bonds. The second kappa shape index (κ2) is 9.20. The highest BCUT2D eigenvalue weighted by molar-refractivity contribution is 6.31. The molecule has 2 aromatic carbocycles. The molecule has 29 heavy (non-hydrogen) atoms. The molecule has 3 aromatic rings.